The van der Waals surface area contributed by atoms with Crippen LogP contribution in [0, 0.1) is 0 Å². The van der Waals surface area contributed by atoms with E-state index in [0.29, 0.717) is 12.3 Å². The second kappa shape index (κ2) is 7.56. The molecule has 2 fully saturated rings. The Morgan fingerprint density at radius 2 is 1.95 bits per heavy atom. The molecule has 0 aromatic carbocycles. The first-order valence-corrected chi connectivity index (χ1v) is 8.33. The number of piperazine rings is 1. The molecule has 122 valence electrons. The van der Waals surface area contributed by atoms with Crippen molar-refractivity contribution in [2.45, 2.75) is 38.1 Å². The highest BCUT2D eigenvalue weighted by atomic mass is 16.5. The first-order chi connectivity index (χ1) is 10.1. The summed E-state index contributed by atoms with van der Waals surface area (Å²) in [5.41, 5.74) is 0.170. The largest absolute Gasteiger partial charge is 0.380 e. The van der Waals surface area contributed by atoms with E-state index in [1.165, 1.54) is 0 Å². The van der Waals surface area contributed by atoms with Gasteiger partial charge in [0.25, 0.3) is 0 Å². The fraction of sp³-hybridized carbons (Fsp3) is 0.938. The molecule has 0 aromatic rings. The van der Waals surface area contributed by atoms with Crippen LogP contribution in [-0.2, 0) is 9.53 Å². The van der Waals surface area contributed by atoms with Crippen LogP contribution in [0.25, 0.3) is 0 Å². The van der Waals surface area contributed by atoms with Crippen molar-refractivity contribution >= 4 is 5.91 Å². The zero-order valence-electron chi connectivity index (χ0n) is 13.9. The van der Waals surface area contributed by atoms with Crippen LogP contribution in [0.15, 0.2) is 0 Å². The Labute approximate surface area is 129 Å². The number of likely N-dealkylation sites (N-methyl/N-ethyl adjacent to an activating group) is 1. The molecule has 0 aromatic heterocycles. The summed E-state index contributed by atoms with van der Waals surface area (Å²) in [6, 6.07) is 0. The molecule has 0 saturated carbocycles. The molecule has 21 heavy (non-hydrogen) atoms. The van der Waals surface area contributed by atoms with Crippen LogP contribution >= 0.6 is 0 Å². The fourth-order valence-corrected chi connectivity index (χ4v) is 3.47. The van der Waals surface area contributed by atoms with Crippen LogP contribution in [0.2, 0.25) is 0 Å². The SMILES string of the molecule is CCCOCCN1CCN(C)C2(CCC(=O)N(C)CC2)C1. The number of amides is 1. The quantitative estimate of drug-likeness (QED) is 0.711. The van der Waals surface area contributed by atoms with Crippen molar-refractivity contribution in [2.24, 2.45) is 0 Å². The second-order valence-electron chi connectivity index (χ2n) is 6.60. The zero-order valence-corrected chi connectivity index (χ0v) is 13.9. The summed E-state index contributed by atoms with van der Waals surface area (Å²) in [5.74, 6) is 0.295. The van der Waals surface area contributed by atoms with Gasteiger partial charge >= 0.3 is 0 Å². The molecule has 0 radical (unpaired) electrons. The van der Waals surface area contributed by atoms with Crippen LogP contribution in [-0.4, -0.2) is 86.2 Å². The van der Waals surface area contributed by atoms with Crippen molar-refractivity contribution in [3.05, 3.63) is 0 Å². The monoisotopic (exact) mass is 297 g/mol. The highest BCUT2D eigenvalue weighted by Gasteiger charge is 2.41. The molecule has 1 amide bonds. The molecule has 2 heterocycles. The van der Waals surface area contributed by atoms with Crippen molar-refractivity contribution in [3.63, 3.8) is 0 Å². The van der Waals surface area contributed by atoms with Gasteiger partial charge in [-0.1, -0.05) is 6.92 Å². The van der Waals surface area contributed by atoms with Crippen molar-refractivity contribution in [1.29, 1.82) is 0 Å². The average Bonchev–Trinajstić information content (AvgIpc) is 2.62. The summed E-state index contributed by atoms with van der Waals surface area (Å²) in [6.07, 6.45) is 3.83. The molecule has 1 unspecified atom stereocenters. The molecular formula is C16H31N3O2. The van der Waals surface area contributed by atoms with E-state index in [4.69, 9.17) is 4.74 Å². The van der Waals surface area contributed by atoms with Gasteiger partial charge in [-0.2, -0.15) is 0 Å². The van der Waals surface area contributed by atoms with E-state index in [0.717, 1.165) is 65.2 Å². The minimum Gasteiger partial charge on any atom is -0.380 e. The summed E-state index contributed by atoms with van der Waals surface area (Å²) in [5, 5.41) is 0. The Morgan fingerprint density at radius 1 is 1.14 bits per heavy atom. The smallest absolute Gasteiger partial charge is 0.222 e. The number of hydrogen-bond acceptors (Lipinski definition) is 4. The second-order valence-corrected chi connectivity index (χ2v) is 6.60. The Morgan fingerprint density at radius 3 is 2.71 bits per heavy atom. The highest BCUT2D eigenvalue weighted by molar-refractivity contribution is 5.76. The third kappa shape index (κ3) is 4.18. The average molecular weight is 297 g/mol. The Bertz CT molecular complexity index is 350. The molecule has 5 heteroatoms. The van der Waals surface area contributed by atoms with Crippen LogP contribution < -0.4 is 0 Å². The van der Waals surface area contributed by atoms with Gasteiger partial charge in [-0.15, -0.1) is 0 Å². The molecular weight excluding hydrogens is 266 g/mol. The molecule has 5 nitrogen and oxygen atoms in total. The van der Waals surface area contributed by atoms with Gasteiger partial charge in [-0.3, -0.25) is 14.6 Å². The lowest BCUT2D eigenvalue weighted by molar-refractivity contribution is -0.129. The minimum atomic E-state index is 0.170. The van der Waals surface area contributed by atoms with Gasteiger partial charge in [0.15, 0.2) is 0 Å². The lowest BCUT2D eigenvalue weighted by Crippen LogP contribution is -2.61. The molecule has 0 aliphatic carbocycles. The first-order valence-electron chi connectivity index (χ1n) is 8.33. The van der Waals surface area contributed by atoms with Crippen LogP contribution in [0.3, 0.4) is 0 Å². The number of carbonyl (C=O) groups is 1. The molecule has 1 spiro atoms. The summed E-state index contributed by atoms with van der Waals surface area (Å²) in [6.45, 7) is 8.99. The highest BCUT2D eigenvalue weighted by Crippen LogP contribution is 2.31. The molecule has 1 atom stereocenters. The maximum Gasteiger partial charge on any atom is 0.222 e. The van der Waals surface area contributed by atoms with E-state index in [-0.39, 0.29) is 5.54 Å². The maximum absolute atomic E-state index is 11.9. The number of nitrogens with zero attached hydrogens (tertiary/aromatic N) is 3. The predicted molar refractivity (Wildman–Crippen MR) is 84.4 cm³/mol. The van der Waals surface area contributed by atoms with Crippen molar-refractivity contribution in [3.8, 4) is 0 Å². The van der Waals surface area contributed by atoms with Gasteiger partial charge in [-0.05, 0) is 26.3 Å². The Hall–Kier alpha value is -0.650. The summed E-state index contributed by atoms with van der Waals surface area (Å²) < 4.78 is 5.63. The molecule has 2 rings (SSSR count). The Balaban J connectivity index is 1.92. The van der Waals surface area contributed by atoms with Gasteiger partial charge in [0.1, 0.15) is 0 Å². The fourth-order valence-electron chi connectivity index (χ4n) is 3.47. The van der Waals surface area contributed by atoms with Gasteiger partial charge in [0, 0.05) is 58.3 Å². The van der Waals surface area contributed by atoms with Gasteiger partial charge in [0.05, 0.1) is 6.61 Å². The van der Waals surface area contributed by atoms with Gasteiger partial charge < -0.3 is 9.64 Å². The van der Waals surface area contributed by atoms with Crippen molar-refractivity contribution in [1.82, 2.24) is 14.7 Å². The van der Waals surface area contributed by atoms with Gasteiger partial charge in [0.2, 0.25) is 5.91 Å². The number of ether oxygens (including phenoxy) is 1. The first kappa shape index (κ1) is 16.7. The number of rotatable bonds is 5. The maximum atomic E-state index is 11.9. The van der Waals surface area contributed by atoms with E-state index in [1.54, 1.807) is 0 Å². The summed E-state index contributed by atoms with van der Waals surface area (Å²) in [4.78, 5) is 18.8. The van der Waals surface area contributed by atoms with Crippen LogP contribution in [0.1, 0.15) is 32.6 Å². The summed E-state index contributed by atoms with van der Waals surface area (Å²) in [7, 11) is 4.15. The lowest BCUT2D eigenvalue weighted by Gasteiger charge is -2.49. The lowest BCUT2D eigenvalue weighted by atomic mass is 9.86. The predicted octanol–water partition coefficient (Wildman–Crippen LogP) is 1.04. The number of carbonyl (C=O) groups excluding carboxylic acids is 1. The molecule has 2 saturated heterocycles. The normalized spacial score (nSPS) is 29.1. The Kier molecular flexibility index (Phi) is 6.02. The summed E-state index contributed by atoms with van der Waals surface area (Å²) >= 11 is 0. The third-order valence-electron chi connectivity index (χ3n) is 5.12. The third-order valence-corrected chi connectivity index (χ3v) is 5.12. The van der Waals surface area contributed by atoms with Crippen LogP contribution in [0.4, 0.5) is 0 Å². The molecule has 2 aliphatic rings. The van der Waals surface area contributed by atoms with Crippen molar-refractivity contribution < 1.29 is 9.53 Å². The number of hydrogen-bond donors (Lipinski definition) is 0. The molecule has 0 bridgehead atoms. The number of likely N-dealkylation sites (tertiary alicyclic amines) is 1. The van der Waals surface area contributed by atoms with E-state index in [1.807, 2.05) is 11.9 Å². The topological polar surface area (TPSA) is 36.0 Å². The standard InChI is InChI=1S/C16H31N3O2/c1-4-12-21-13-11-19-10-9-18(3)16(14-19)6-5-15(20)17(2)8-7-16/h4-14H2,1-3H3. The molecule has 2 aliphatic heterocycles. The van der Waals surface area contributed by atoms with Crippen molar-refractivity contribution in [2.75, 3.05) is 60.0 Å². The minimum absolute atomic E-state index is 0.170. The van der Waals surface area contributed by atoms with E-state index in [2.05, 4.69) is 23.8 Å². The van der Waals surface area contributed by atoms with E-state index >= 15 is 0 Å². The zero-order chi connectivity index (χ0) is 15.3. The molecule has 0 N–H and O–H groups in total. The van der Waals surface area contributed by atoms with E-state index < -0.39 is 0 Å². The van der Waals surface area contributed by atoms with E-state index in [9.17, 15) is 4.79 Å². The van der Waals surface area contributed by atoms with Gasteiger partial charge in [-0.25, -0.2) is 0 Å². The van der Waals surface area contributed by atoms with Crippen LogP contribution in [0.5, 0.6) is 0 Å².